The van der Waals surface area contributed by atoms with Gasteiger partial charge in [0.25, 0.3) is 0 Å². The smallest absolute Gasteiger partial charge is 0.337 e. The van der Waals surface area contributed by atoms with Crippen LogP contribution in [0.5, 0.6) is 0 Å². The maximum atomic E-state index is 11.3. The molecular formula is C16H11BrN2O2. The molecule has 1 heterocycles. The summed E-state index contributed by atoms with van der Waals surface area (Å²) in [5, 5.41) is 13.3. The van der Waals surface area contributed by atoms with E-state index in [1.165, 1.54) is 0 Å². The second kappa shape index (κ2) is 5.54. The standard InChI is InChI=1S/C16H11BrN2O2/c17-10-5-6-11-14(7-8-18-15(11)9-10)19-13-4-2-1-3-12(13)16(20)21/h1-9H,(H,18,19)(H,20,21). The number of carbonyl (C=O) groups is 1. The van der Waals surface area contributed by atoms with Crippen LogP contribution in [0.3, 0.4) is 0 Å². The minimum Gasteiger partial charge on any atom is -0.478 e. The Hall–Kier alpha value is -2.40. The third-order valence-electron chi connectivity index (χ3n) is 3.13. The van der Waals surface area contributed by atoms with Gasteiger partial charge in [0.15, 0.2) is 0 Å². The molecule has 0 amide bonds. The third-order valence-corrected chi connectivity index (χ3v) is 3.62. The second-order valence-corrected chi connectivity index (χ2v) is 5.41. The Morgan fingerprint density at radius 1 is 1.10 bits per heavy atom. The summed E-state index contributed by atoms with van der Waals surface area (Å²) >= 11 is 3.42. The number of rotatable bonds is 3. The van der Waals surface area contributed by atoms with Crippen LogP contribution in [-0.4, -0.2) is 16.1 Å². The lowest BCUT2D eigenvalue weighted by Gasteiger charge is -2.11. The van der Waals surface area contributed by atoms with Crippen molar-refractivity contribution in [2.45, 2.75) is 0 Å². The first-order chi connectivity index (χ1) is 10.1. The van der Waals surface area contributed by atoms with Gasteiger partial charge < -0.3 is 10.4 Å². The fourth-order valence-electron chi connectivity index (χ4n) is 2.15. The van der Waals surface area contributed by atoms with Gasteiger partial charge in [0.05, 0.1) is 16.8 Å². The largest absolute Gasteiger partial charge is 0.478 e. The predicted molar refractivity (Wildman–Crippen MR) is 86.1 cm³/mol. The zero-order valence-electron chi connectivity index (χ0n) is 10.9. The number of anilines is 2. The highest BCUT2D eigenvalue weighted by Gasteiger charge is 2.10. The van der Waals surface area contributed by atoms with Crippen LogP contribution in [0.2, 0.25) is 0 Å². The van der Waals surface area contributed by atoms with Crippen LogP contribution in [0.15, 0.2) is 59.2 Å². The number of pyridine rings is 1. The molecule has 0 aliphatic rings. The quantitative estimate of drug-likeness (QED) is 0.738. The summed E-state index contributed by atoms with van der Waals surface area (Å²) in [5.74, 6) is -0.959. The summed E-state index contributed by atoms with van der Waals surface area (Å²) < 4.78 is 0.950. The molecule has 0 bridgehead atoms. The Morgan fingerprint density at radius 2 is 1.90 bits per heavy atom. The molecule has 0 radical (unpaired) electrons. The number of carboxylic acid groups (broad SMARTS) is 1. The Labute approximate surface area is 129 Å². The average molecular weight is 343 g/mol. The summed E-state index contributed by atoms with van der Waals surface area (Å²) in [7, 11) is 0. The third kappa shape index (κ3) is 2.73. The molecule has 0 spiro atoms. The minimum absolute atomic E-state index is 0.236. The molecule has 2 aromatic carbocycles. The molecule has 3 aromatic rings. The zero-order valence-corrected chi connectivity index (χ0v) is 12.5. The van der Waals surface area contributed by atoms with Gasteiger partial charge in [-0.05, 0) is 36.4 Å². The van der Waals surface area contributed by atoms with Crippen LogP contribution < -0.4 is 5.32 Å². The normalized spacial score (nSPS) is 10.5. The number of hydrogen-bond acceptors (Lipinski definition) is 3. The number of benzene rings is 2. The van der Waals surface area contributed by atoms with Crippen LogP contribution in [0, 0.1) is 0 Å². The molecule has 0 aliphatic carbocycles. The van der Waals surface area contributed by atoms with Crippen LogP contribution >= 0.6 is 15.9 Å². The number of aromatic carboxylic acids is 1. The van der Waals surface area contributed by atoms with E-state index in [9.17, 15) is 9.90 Å². The fourth-order valence-corrected chi connectivity index (χ4v) is 2.50. The number of carboxylic acids is 1. The van der Waals surface area contributed by atoms with Gasteiger partial charge in [0.2, 0.25) is 0 Å². The van der Waals surface area contributed by atoms with Crippen molar-refractivity contribution in [2.24, 2.45) is 0 Å². The molecule has 21 heavy (non-hydrogen) atoms. The van der Waals surface area contributed by atoms with E-state index in [1.54, 1.807) is 30.5 Å². The van der Waals surface area contributed by atoms with Gasteiger partial charge in [-0.15, -0.1) is 0 Å². The molecule has 2 N–H and O–H groups in total. The minimum atomic E-state index is -0.959. The van der Waals surface area contributed by atoms with Crippen molar-refractivity contribution in [1.29, 1.82) is 0 Å². The van der Waals surface area contributed by atoms with Gasteiger partial charge in [-0.1, -0.05) is 28.1 Å². The van der Waals surface area contributed by atoms with Gasteiger partial charge in [0, 0.05) is 21.7 Å². The zero-order chi connectivity index (χ0) is 14.8. The molecule has 4 nitrogen and oxygen atoms in total. The summed E-state index contributed by atoms with van der Waals surface area (Å²) in [6.07, 6.45) is 1.69. The molecular weight excluding hydrogens is 332 g/mol. The molecule has 0 saturated heterocycles. The first kappa shape index (κ1) is 13.6. The SMILES string of the molecule is O=C(O)c1ccccc1Nc1ccnc2cc(Br)ccc12. The highest BCUT2D eigenvalue weighted by molar-refractivity contribution is 9.10. The molecule has 0 aliphatic heterocycles. The van der Waals surface area contributed by atoms with E-state index in [-0.39, 0.29) is 5.56 Å². The average Bonchev–Trinajstić information content (AvgIpc) is 2.47. The maximum Gasteiger partial charge on any atom is 0.337 e. The first-order valence-corrected chi connectivity index (χ1v) is 7.08. The van der Waals surface area contributed by atoms with Crippen molar-refractivity contribution in [3.8, 4) is 0 Å². The monoisotopic (exact) mass is 342 g/mol. The lowest BCUT2D eigenvalue weighted by atomic mass is 10.1. The van der Waals surface area contributed by atoms with E-state index in [0.717, 1.165) is 21.1 Å². The molecule has 0 saturated carbocycles. The molecule has 0 unspecified atom stereocenters. The van der Waals surface area contributed by atoms with Crippen LogP contribution in [0.4, 0.5) is 11.4 Å². The van der Waals surface area contributed by atoms with Gasteiger partial charge in [-0.3, -0.25) is 4.98 Å². The molecule has 0 fully saturated rings. The number of nitrogens with zero attached hydrogens (tertiary/aromatic N) is 1. The molecule has 5 heteroatoms. The van der Waals surface area contributed by atoms with E-state index in [4.69, 9.17) is 0 Å². The van der Waals surface area contributed by atoms with Crippen molar-refractivity contribution in [3.05, 3.63) is 64.8 Å². The van der Waals surface area contributed by atoms with E-state index in [1.807, 2.05) is 24.3 Å². The number of hydrogen-bond donors (Lipinski definition) is 2. The molecule has 104 valence electrons. The van der Waals surface area contributed by atoms with E-state index in [0.29, 0.717) is 5.69 Å². The molecule has 1 aromatic heterocycles. The summed E-state index contributed by atoms with van der Waals surface area (Å²) in [5.41, 5.74) is 2.45. The van der Waals surface area contributed by atoms with Crippen molar-refractivity contribution in [1.82, 2.24) is 4.98 Å². The predicted octanol–water partition coefficient (Wildman–Crippen LogP) is 4.44. The van der Waals surface area contributed by atoms with Crippen LogP contribution in [-0.2, 0) is 0 Å². The highest BCUT2D eigenvalue weighted by atomic mass is 79.9. The Balaban J connectivity index is 2.09. The number of fused-ring (bicyclic) bond motifs is 1. The Bertz CT molecular complexity index is 833. The molecule has 0 atom stereocenters. The lowest BCUT2D eigenvalue weighted by Crippen LogP contribution is -2.02. The second-order valence-electron chi connectivity index (χ2n) is 4.50. The Kier molecular flexibility index (Phi) is 3.58. The van der Waals surface area contributed by atoms with Gasteiger partial charge in [0.1, 0.15) is 0 Å². The summed E-state index contributed by atoms with van der Waals surface area (Å²) in [6, 6.07) is 14.4. The van der Waals surface area contributed by atoms with Crippen LogP contribution in [0.25, 0.3) is 10.9 Å². The number of halogens is 1. The van der Waals surface area contributed by atoms with Crippen molar-refractivity contribution < 1.29 is 9.90 Å². The van der Waals surface area contributed by atoms with Gasteiger partial charge in [-0.2, -0.15) is 0 Å². The van der Waals surface area contributed by atoms with Crippen molar-refractivity contribution in [2.75, 3.05) is 5.32 Å². The van der Waals surface area contributed by atoms with Crippen LogP contribution in [0.1, 0.15) is 10.4 Å². The van der Waals surface area contributed by atoms with Gasteiger partial charge in [-0.25, -0.2) is 4.79 Å². The first-order valence-electron chi connectivity index (χ1n) is 6.29. The van der Waals surface area contributed by atoms with Crippen molar-refractivity contribution >= 4 is 44.2 Å². The Morgan fingerprint density at radius 3 is 2.71 bits per heavy atom. The lowest BCUT2D eigenvalue weighted by molar-refractivity contribution is 0.0698. The number of para-hydroxylation sites is 1. The topological polar surface area (TPSA) is 62.2 Å². The fraction of sp³-hybridized carbons (Fsp3) is 0. The number of aromatic nitrogens is 1. The summed E-state index contributed by atoms with van der Waals surface area (Å²) in [4.78, 5) is 15.6. The van der Waals surface area contributed by atoms with Crippen molar-refractivity contribution in [3.63, 3.8) is 0 Å². The van der Waals surface area contributed by atoms with E-state index < -0.39 is 5.97 Å². The maximum absolute atomic E-state index is 11.3. The summed E-state index contributed by atoms with van der Waals surface area (Å²) in [6.45, 7) is 0. The molecule has 3 rings (SSSR count). The van der Waals surface area contributed by atoms with E-state index in [2.05, 4.69) is 26.2 Å². The van der Waals surface area contributed by atoms with Gasteiger partial charge >= 0.3 is 5.97 Å². The highest BCUT2D eigenvalue weighted by Crippen LogP contribution is 2.28. The number of nitrogens with one attached hydrogen (secondary N) is 1. The van der Waals surface area contributed by atoms with E-state index >= 15 is 0 Å².